The number of thioether (sulfide) groups is 1. The molecule has 0 spiro atoms. The Bertz CT molecular complexity index is 1310. The number of carbonyl (C=O) groups excluding carboxylic acids is 1. The van der Waals surface area contributed by atoms with E-state index in [4.69, 9.17) is 28.4 Å². The molecule has 0 aromatic heterocycles. The number of rotatable bonds is 14. The normalized spacial score (nSPS) is 14.0. The third-order valence-electron chi connectivity index (χ3n) is 6.74. The maximum Gasteiger partial charge on any atom is 0.225 e. The Balaban J connectivity index is 1.32. The largest absolute Gasteiger partial charge is 0.497 e. The summed E-state index contributed by atoms with van der Waals surface area (Å²) in [6.07, 6.45) is 0.820. The van der Waals surface area contributed by atoms with Gasteiger partial charge in [0.2, 0.25) is 11.7 Å². The Hall–Kier alpha value is -3.76. The molecule has 1 amide bonds. The number of anilines is 1. The summed E-state index contributed by atoms with van der Waals surface area (Å²) in [5.74, 6) is 3.74. The smallest absolute Gasteiger partial charge is 0.225 e. The molecule has 10 heteroatoms. The lowest BCUT2D eigenvalue weighted by Gasteiger charge is -2.26. The number of benzene rings is 3. The minimum Gasteiger partial charge on any atom is -0.497 e. The monoisotopic (exact) mass is 582 g/mol. The lowest BCUT2D eigenvalue weighted by molar-refractivity contribution is -0.116. The maximum absolute atomic E-state index is 12.7. The molecule has 1 heterocycles. The summed E-state index contributed by atoms with van der Waals surface area (Å²) in [7, 11) is 8.42. The third-order valence-corrected chi connectivity index (χ3v) is 8.03. The van der Waals surface area contributed by atoms with Crippen molar-refractivity contribution in [2.75, 3.05) is 66.7 Å². The van der Waals surface area contributed by atoms with Crippen molar-refractivity contribution in [3.05, 3.63) is 60.2 Å². The molecule has 1 aliphatic heterocycles. The molecule has 9 nitrogen and oxygen atoms in total. The molecule has 0 saturated heterocycles. The minimum absolute atomic E-state index is 0.0170. The molecule has 0 bridgehead atoms. The Kier molecular flexibility index (Phi) is 10.5. The fourth-order valence-corrected chi connectivity index (χ4v) is 6.02. The molecule has 0 aliphatic carbocycles. The van der Waals surface area contributed by atoms with Gasteiger partial charge in [-0.25, -0.2) is 0 Å². The number of methoxy groups -OCH3 is 4. The second-order valence-electron chi connectivity index (χ2n) is 9.45. The number of para-hydroxylation sites is 1. The fourth-order valence-electron chi connectivity index (χ4n) is 4.66. The Labute approximate surface area is 246 Å². The first-order valence-electron chi connectivity index (χ1n) is 13.4. The molecule has 0 N–H and O–H groups in total. The minimum atomic E-state index is -0.231. The van der Waals surface area contributed by atoms with Crippen molar-refractivity contribution in [1.29, 1.82) is 0 Å². The van der Waals surface area contributed by atoms with Gasteiger partial charge in [0, 0.05) is 42.6 Å². The molecule has 0 fully saturated rings. The van der Waals surface area contributed by atoms with Gasteiger partial charge in [0.1, 0.15) is 29.2 Å². The molecular formula is C31H38N2O7S. The van der Waals surface area contributed by atoms with E-state index in [1.165, 1.54) is 0 Å². The molecule has 1 unspecified atom stereocenters. The lowest BCUT2D eigenvalue weighted by Crippen LogP contribution is -2.28. The second-order valence-corrected chi connectivity index (χ2v) is 10.6. The summed E-state index contributed by atoms with van der Waals surface area (Å²) >= 11 is 1.64. The van der Waals surface area contributed by atoms with Crippen LogP contribution in [0.15, 0.2) is 59.5 Å². The molecule has 1 atom stereocenters. The van der Waals surface area contributed by atoms with Crippen molar-refractivity contribution in [2.45, 2.75) is 23.6 Å². The molecule has 0 radical (unpaired) electrons. The number of ether oxygens (including phenoxy) is 6. The van der Waals surface area contributed by atoms with E-state index >= 15 is 0 Å². The Morgan fingerprint density at radius 2 is 1.56 bits per heavy atom. The standard InChI is InChI=1S/C31H38N2O7S/c1-21(34)33-25-10-7-8-11-29(25)41-31(33)24-18-22(35-3)12-13-26(24)40-16-9-14-32(2)15-17-39-23-19-27(36-4)30(38-6)28(20-23)37-5/h7-8,10-13,18-20,31H,9,14-17H2,1-6H3. The van der Waals surface area contributed by atoms with Gasteiger partial charge in [0.05, 0.1) is 40.7 Å². The number of hydrogen-bond acceptors (Lipinski definition) is 9. The zero-order valence-electron chi connectivity index (χ0n) is 24.5. The summed E-state index contributed by atoms with van der Waals surface area (Å²) in [5, 5.41) is -0.231. The number of fused-ring (bicyclic) bond motifs is 1. The van der Waals surface area contributed by atoms with Crippen molar-refractivity contribution in [3.8, 4) is 34.5 Å². The number of carbonyl (C=O) groups is 1. The first kappa shape index (κ1) is 30.2. The van der Waals surface area contributed by atoms with Gasteiger partial charge >= 0.3 is 0 Å². The fraction of sp³-hybridized carbons (Fsp3) is 0.387. The quantitative estimate of drug-likeness (QED) is 0.224. The van der Waals surface area contributed by atoms with Gasteiger partial charge in [-0.1, -0.05) is 23.9 Å². The van der Waals surface area contributed by atoms with Crippen LogP contribution in [0.2, 0.25) is 0 Å². The van der Waals surface area contributed by atoms with E-state index < -0.39 is 0 Å². The van der Waals surface area contributed by atoms with Crippen LogP contribution >= 0.6 is 11.8 Å². The predicted molar refractivity (Wildman–Crippen MR) is 160 cm³/mol. The highest BCUT2D eigenvalue weighted by atomic mass is 32.2. The van der Waals surface area contributed by atoms with E-state index in [-0.39, 0.29) is 11.3 Å². The van der Waals surface area contributed by atoms with E-state index in [0.717, 1.165) is 47.2 Å². The highest BCUT2D eigenvalue weighted by Crippen LogP contribution is 2.53. The SMILES string of the molecule is COc1ccc(OCCCN(C)CCOc2cc(OC)c(OC)c(OC)c2)c(C2Sc3ccccc3N2C(C)=O)c1. The van der Waals surface area contributed by atoms with Crippen LogP contribution in [0.1, 0.15) is 24.3 Å². The predicted octanol–water partition coefficient (Wildman–Crippen LogP) is 5.66. The highest BCUT2D eigenvalue weighted by molar-refractivity contribution is 8.00. The Morgan fingerprint density at radius 1 is 0.829 bits per heavy atom. The maximum atomic E-state index is 12.7. The van der Waals surface area contributed by atoms with Gasteiger partial charge in [-0.15, -0.1) is 0 Å². The molecule has 220 valence electrons. The second kappa shape index (κ2) is 14.2. The van der Waals surface area contributed by atoms with Gasteiger partial charge in [-0.05, 0) is 43.8 Å². The molecule has 41 heavy (non-hydrogen) atoms. The van der Waals surface area contributed by atoms with E-state index in [0.29, 0.717) is 36.2 Å². The zero-order chi connectivity index (χ0) is 29.4. The van der Waals surface area contributed by atoms with Crippen molar-refractivity contribution < 1.29 is 33.2 Å². The van der Waals surface area contributed by atoms with Gasteiger partial charge in [-0.2, -0.15) is 0 Å². The average Bonchev–Trinajstić information content (AvgIpc) is 3.38. The number of hydrogen-bond donors (Lipinski definition) is 0. The van der Waals surface area contributed by atoms with Crippen LogP contribution in [-0.2, 0) is 4.79 Å². The molecule has 3 aromatic rings. The number of likely N-dealkylation sites (N-methyl/N-ethyl adjacent to an activating group) is 1. The zero-order valence-corrected chi connectivity index (χ0v) is 25.3. The van der Waals surface area contributed by atoms with Crippen LogP contribution < -0.4 is 33.3 Å². The summed E-state index contributed by atoms with van der Waals surface area (Å²) in [5.41, 5.74) is 1.83. The first-order chi connectivity index (χ1) is 19.9. The molecule has 3 aromatic carbocycles. The van der Waals surface area contributed by atoms with Gasteiger partial charge in [0.15, 0.2) is 11.5 Å². The average molecular weight is 583 g/mol. The van der Waals surface area contributed by atoms with Crippen LogP contribution in [-0.4, -0.2) is 72.6 Å². The molecule has 0 saturated carbocycles. The van der Waals surface area contributed by atoms with Gasteiger partial charge < -0.3 is 33.3 Å². The topological polar surface area (TPSA) is 78.9 Å². The van der Waals surface area contributed by atoms with E-state index in [9.17, 15) is 4.79 Å². The number of nitrogens with zero attached hydrogens (tertiary/aromatic N) is 2. The van der Waals surface area contributed by atoms with Gasteiger partial charge in [-0.3, -0.25) is 9.69 Å². The third kappa shape index (κ3) is 7.12. The van der Waals surface area contributed by atoms with Crippen molar-refractivity contribution in [2.24, 2.45) is 0 Å². The van der Waals surface area contributed by atoms with Crippen molar-refractivity contribution in [1.82, 2.24) is 4.90 Å². The lowest BCUT2D eigenvalue weighted by atomic mass is 10.1. The van der Waals surface area contributed by atoms with Crippen LogP contribution in [0, 0.1) is 0 Å². The summed E-state index contributed by atoms with van der Waals surface area (Å²) < 4.78 is 33.9. The van der Waals surface area contributed by atoms with E-state index in [2.05, 4.69) is 11.9 Å². The molecule has 4 rings (SSSR count). The summed E-state index contributed by atoms with van der Waals surface area (Å²) in [6.45, 7) is 4.18. The molecular weight excluding hydrogens is 544 g/mol. The molecule has 1 aliphatic rings. The van der Waals surface area contributed by atoms with E-state index in [1.54, 1.807) is 59.3 Å². The van der Waals surface area contributed by atoms with Gasteiger partial charge in [0.25, 0.3) is 0 Å². The summed E-state index contributed by atoms with van der Waals surface area (Å²) in [6, 6.07) is 17.3. The van der Waals surface area contributed by atoms with E-state index in [1.807, 2.05) is 47.4 Å². The van der Waals surface area contributed by atoms with Crippen molar-refractivity contribution in [3.63, 3.8) is 0 Å². The first-order valence-corrected chi connectivity index (χ1v) is 14.3. The van der Waals surface area contributed by atoms with Crippen LogP contribution in [0.3, 0.4) is 0 Å². The highest BCUT2D eigenvalue weighted by Gasteiger charge is 2.35. The Morgan fingerprint density at radius 3 is 2.22 bits per heavy atom. The number of amides is 1. The van der Waals surface area contributed by atoms with Crippen LogP contribution in [0.25, 0.3) is 0 Å². The summed E-state index contributed by atoms with van der Waals surface area (Å²) in [4.78, 5) is 17.8. The van der Waals surface area contributed by atoms with Crippen molar-refractivity contribution >= 4 is 23.4 Å². The van der Waals surface area contributed by atoms with Crippen LogP contribution in [0.4, 0.5) is 5.69 Å². The van der Waals surface area contributed by atoms with Crippen LogP contribution in [0.5, 0.6) is 34.5 Å².